The van der Waals surface area contributed by atoms with Crippen LogP contribution < -0.4 is 10.6 Å². The average molecular weight is 326 g/mol. The molecule has 0 aliphatic carbocycles. The summed E-state index contributed by atoms with van der Waals surface area (Å²) in [6.45, 7) is 2.44. The Balaban J connectivity index is 1.58. The Kier molecular flexibility index (Phi) is 3.63. The van der Waals surface area contributed by atoms with Crippen molar-refractivity contribution in [3.63, 3.8) is 0 Å². The summed E-state index contributed by atoms with van der Waals surface area (Å²) in [5.74, 6) is 0.831. The van der Waals surface area contributed by atoms with Gasteiger partial charge in [-0.3, -0.25) is 9.67 Å². The predicted octanol–water partition coefficient (Wildman–Crippen LogP) is 3.11. The number of hydrogen-bond donors (Lipinski definition) is 2. The van der Waals surface area contributed by atoms with Crippen LogP contribution in [-0.2, 0) is 6.54 Å². The first kappa shape index (κ1) is 14.1. The molecule has 2 aromatic carbocycles. The zero-order valence-corrected chi connectivity index (χ0v) is 13.2. The summed E-state index contributed by atoms with van der Waals surface area (Å²) in [5, 5.41) is 12.8. The number of hydrogen-bond acceptors (Lipinski definition) is 4. The molecule has 2 heterocycles. The molecule has 3 aromatic rings. The van der Waals surface area contributed by atoms with Crippen LogP contribution in [0.5, 0.6) is 0 Å². The average Bonchev–Trinajstić information content (AvgIpc) is 3.20. The molecule has 1 aliphatic rings. The van der Waals surface area contributed by atoms with E-state index in [-0.39, 0.29) is 0 Å². The summed E-state index contributed by atoms with van der Waals surface area (Å²) in [6.07, 6.45) is 1.89. The lowest BCUT2D eigenvalue weighted by Crippen LogP contribution is -2.26. The number of guanidine groups is 1. The van der Waals surface area contributed by atoms with Crippen molar-refractivity contribution in [3.05, 3.63) is 59.2 Å². The van der Waals surface area contributed by atoms with Crippen molar-refractivity contribution < 1.29 is 0 Å². The van der Waals surface area contributed by atoms with E-state index in [0.717, 1.165) is 47.2 Å². The maximum Gasteiger partial charge on any atom is 0.195 e. The number of anilines is 1. The van der Waals surface area contributed by atoms with Gasteiger partial charge in [-0.25, -0.2) is 0 Å². The first-order valence-electron chi connectivity index (χ1n) is 7.53. The normalized spacial score (nSPS) is 13.9. The SMILES string of the molecule is Clc1ccc(Cn2ncc3cc(NC4=NCCN4)ccc32)cc1. The third-order valence-corrected chi connectivity index (χ3v) is 4.08. The van der Waals surface area contributed by atoms with E-state index < -0.39 is 0 Å². The minimum atomic E-state index is 0.724. The molecule has 0 bridgehead atoms. The van der Waals surface area contributed by atoms with E-state index in [1.54, 1.807) is 0 Å². The monoisotopic (exact) mass is 325 g/mol. The number of aromatic nitrogens is 2. The number of benzene rings is 2. The fraction of sp³-hybridized carbons (Fsp3) is 0.176. The highest BCUT2D eigenvalue weighted by Gasteiger charge is 2.08. The highest BCUT2D eigenvalue weighted by atomic mass is 35.5. The molecule has 0 radical (unpaired) electrons. The second kappa shape index (κ2) is 5.93. The first-order chi connectivity index (χ1) is 11.3. The first-order valence-corrected chi connectivity index (χ1v) is 7.91. The molecule has 1 aliphatic heterocycles. The maximum absolute atomic E-state index is 5.93. The second-order valence-electron chi connectivity index (χ2n) is 5.48. The van der Waals surface area contributed by atoms with Gasteiger partial charge >= 0.3 is 0 Å². The fourth-order valence-corrected chi connectivity index (χ4v) is 2.80. The molecule has 0 fully saturated rings. The maximum atomic E-state index is 5.93. The second-order valence-corrected chi connectivity index (χ2v) is 5.92. The van der Waals surface area contributed by atoms with Gasteiger partial charge in [0, 0.05) is 22.6 Å². The van der Waals surface area contributed by atoms with E-state index in [9.17, 15) is 0 Å². The van der Waals surface area contributed by atoms with Gasteiger partial charge in [-0.1, -0.05) is 23.7 Å². The summed E-state index contributed by atoms with van der Waals surface area (Å²) in [5.41, 5.74) is 3.29. The van der Waals surface area contributed by atoms with Crippen molar-refractivity contribution in [2.75, 3.05) is 18.4 Å². The molecule has 0 atom stereocenters. The van der Waals surface area contributed by atoms with Gasteiger partial charge in [-0.05, 0) is 35.9 Å². The summed E-state index contributed by atoms with van der Waals surface area (Å²) < 4.78 is 1.99. The Morgan fingerprint density at radius 2 is 2.04 bits per heavy atom. The molecule has 0 saturated carbocycles. The smallest absolute Gasteiger partial charge is 0.195 e. The number of fused-ring (bicyclic) bond motifs is 1. The molecule has 23 heavy (non-hydrogen) atoms. The van der Waals surface area contributed by atoms with Gasteiger partial charge in [-0.2, -0.15) is 5.10 Å². The van der Waals surface area contributed by atoms with Crippen molar-refractivity contribution in [2.45, 2.75) is 6.54 Å². The van der Waals surface area contributed by atoms with Crippen LogP contribution in [0, 0.1) is 0 Å². The van der Waals surface area contributed by atoms with Gasteiger partial charge in [-0.15, -0.1) is 0 Å². The van der Waals surface area contributed by atoms with Crippen LogP contribution >= 0.6 is 11.6 Å². The van der Waals surface area contributed by atoms with Crippen LogP contribution in [0.3, 0.4) is 0 Å². The van der Waals surface area contributed by atoms with Crippen molar-refractivity contribution >= 4 is 34.2 Å². The quantitative estimate of drug-likeness (QED) is 0.778. The third kappa shape index (κ3) is 3.00. The Labute approximate surface area is 139 Å². The van der Waals surface area contributed by atoms with Crippen LogP contribution in [0.4, 0.5) is 5.69 Å². The molecule has 4 rings (SSSR count). The van der Waals surface area contributed by atoms with E-state index in [1.807, 2.05) is 41.2 Å². The Bertz CT molecular complexity index is 866. The van der Waals surface area contributed by atoms with Gasteiger partial charge in [0.2, 0.25) is 0 Å². The molecular formula is C17H16ClN5. The molecule has 116 valence electrons. The van der Waals surface area contributed by atoms with Gasteiger partial charge in [0.05, 0.1) is 24.8 Å². The topological polar surface area (TPSA) is 54.2 Å². The van der Waals surface area contributed by atoms with E-state index >= 15 is 0 Å². The molecule has 5 nitrogen and oxygen atoms in total. The minimum Gasteiger partial charge on any atom is -0.354 e. The number of rotatable bonds is 3. The molecule has 6 heteroatoms. The van der Waals surface area contributed by atoms with Gasteiger partial charge in [0.25, 0.3) is 0 Å². The van der Waals surface area contributed by atoms with Gasteiger partial charge < -0.3 is 10.6 Å². The number of halogens is 1. The standard InChI is InChI=1S/C17H16ClN5/c18-14-3-1-12(2-4-14)11-23-16-6-5-15(9-13(16)10-21-23)22-17-19-7-8-20-17/h1-6,9-10H,7-8,11H2,(H2,19,20,22). The number of nitrogens with zero attached hydrogens (tertiary/aromatic N) is 3. The summed E-state index contributed by atoms with van der Waals surface area (Å²) >= 11 is 5.93. The van der Waals surface area contributed by atoms with E-state index in [1.165, 1.54) is 5.56 Å². The molecule has 1 aromatic heterocycles. The summed E-state index contributed by atoms with van der Waals surface area (Å²) in [4.78, 5) is 4.34. The minimum absolute atomic E-state index is 0.724. The molecular weight excluding hydrogens is 310 g/mol. The zero-order chi connectivity index (χ0) is 15.6. The Hall–Kier alpha value is -2.53. The van der Waals surface area contributed by atoms with Crippen molar-refractivity contribution in [1.82, 2.24) is 15.1 Å². The van der Waals surface area contributed by atoms with E-state index in [2.05, 4.69) is 32.9 Å². The van der Waals surface area contributed by atoms with Gasteiger partial charge in [0.1, 0.15) is 0 Å². The van der Waals surface area contributed by atoms with Crippen molar-refractivity contribution in [3.8, 4) is 0 Å². The lowest BCUT2D eigenvalue weighted by Gasteiger charge is -2.07. The number of nitrogens with one attached hydrogen (secondary N) is 2. The highest BCUT2D eigenvalue weighted by molar-refractivity contribution is 6.30. The van der Waals surface area contributed by atoms with Crippen LogP contribution in [0.2, 0.25) is 5.02 Å². The Morgan fingerprint density at radius 1 is 1.17 bits per heavy atom. The summed E-state index contributed by atoms with van der Waals surface area (Å²) in [6, 6.07) is 14.1. The molecule has 0 unspecified atom stereocenters. The van der Waals surface area contributed by atoms with E-state index in [4.69, 9.17) is 11.6 Å². The van der Waals surface area contributed by atoms with Crippen molar-refractivity contribution in [2.24, 2.45) is 4.99 Å². The third-order valence-electron chi connectivity index (χ3n) is 3.82. The van der Waals surface area contributed by atoms with Crippen molar-refractivity contribution in [1.29, 1.82) is 0 Å². The molecule has 0 spiro atoms. The fourth-order valence-electron chi connectivity index (χ4n) is 2.67. The van der Waals surface area contributed by atoms with Crippen LogP contribution in [0.1, 0.15) is 5.56 Å². The molecule has 2 N–H and O–H groups in total. The summed E-state index contributed by atoms with van der Waals surface area (Å²) in [7, 11) is 0. The largest absolute Gasteiger partial charge is 0.354 e. The van der Waals surface area contributed by atoms with E-state index in [0.29, 0.717) is 0 Å². The predicted molar refractivity (Wildman–Crippen MR) is 94.2 cm³/mol. The number of aliphatic imine (C=N–C) groups is 1. The molecule has 0 amide bonds. The van der Waals surface area contributed by atoms with Crippen LogP contribution in [0.25, 0.3) is 10.9 Å². The van der Waals surface area contributed by atoms with Crippen LogP contribution in [-0.4, -0.2) is 28.8 Å². The zero-order valence-electron chi connectivity index (χ0n) is 12.5. The van der Waals surface area contributed by atoms with Crippen LogP contribution in [0.15, 0.2) is 53.7 Å². The lowest BCUT2D eigenvalue weighted by molar-refractivity contribution is 0.712. The lowest BCUT2D eigenvalue weighted by atomic mass is 10.2. The highest BCUT2D eigenvalue weighted by Crippen LogP contribution is 2.20. The van der Waals surface area contributed by atoms with Gasteiger partial charge in [0.15, 0.2) is 5.96 Å². The molecule has 0 saturated heterocycles. The Morgan fingerprint density at radius 3 is 2.83 bits per heavy atom.